The molecule has 5 heteroatoms. The highest BCUT2D eigenvalue weighted by atomic mass is 79.9. The smallest absolute Gasteiger partial charge is 0.219 e. The number of aromatic nitrogens is 1. The van der Waals surface area contributed by atoms with Gasteiger partial charge in [-0.3, -0.25) is 0 Å². The van der Waals surface area contributed by atoms with Crippen molar-refractivity contribution in [3.63, 3.8) is 0 Å². The van der Waals surface area contributed by atoms with Gasteiger partial charge in [0.2, 0.25) is 5.88 Å². The lowest BCUT2D eigenvalue weighted by Crippen LogP contribution is -1.92. The molecule has 2 aromatic rings. The Balaban J connectivity index is 2.26. The molecule has 0 saturated carbocycles. The fraction of sp³-hybridized carbons (Fsp3) is 0. The maximum atomic E-state index is 8.64. The normalized spacial score (nSPS) is 9.65. The number of nitrogens with zero attached hydrogens (tertiary/aromatic N) is 2. The summed E-state index contributed by atoms with van der Waals surface area (Å²) in [7, 11) is 0. The molecule has 0 aliphatic carbocycles. The van der Waals surface area contributed by atoms with Crippen LogP contribution in [0, 0.1) is 11.3 Å². The number of halogens is 1. The summed E-state index contributed by atoms with van der Waals surface area (Å²) in [5.74, 6) is 0.998. The molecule has 0 atom stereocenters. The maximum absolute atomic E-state index is 8.64. The average Bonchev–Trinajstić information content (AvgIpc) is 2.36. The second-order valence-corrected chi connectivity index (χ2v) is 4.05. The minimum absolute atomic E-state index is 0.412. The molecule has 0 fully saturated rings. The van der Waals surface area contributed by atoms with Crippen molar-refractivity contribution in [3.05, 3.63) is 46.6 Å². The number of ether oxygens (including phenoxy) is 1. The molecule has 1 aromatic heterocycles. The average molecular weight is 290 g/mol. The highest BCUT2D eigenvalue weighted by Crippen LogP contribution is 2.32. The monoisotopic (exact) mass is 289 g/mol. The van der Waals surface area contributed by atoms with E-state index in [4.69, 9.17) is 15.7 Å². The molecule has 17 heavy (non-hydrogen) atoms. The van der Waals surface area contributed by atoms with E-state index >= 15 is 0 Å². The summed E-state index contributed by atoms with van der Waals surface area (Å²) < 4.78 is 6.23. The fourth-order valence-electron chi connectivity index (χ4n) is 1.23. The van der Waals surface area contributed by atoms with Crippen LogP contribution in [0.5, 0.6) is 11.6 Å². The molecular formula is C12H8BrN3O. The number of anilines is 1. The predicted octanol–water partition coefficient (Wildman–Crippen LogP) is 3.09. The van der Waals surface area contributed by atoms with E-state index in [0.29, 0.717) is 27.4 Å². The standard InChI is InChI=1S/C12H8BrN3O/c13-12-9(15)2-1-3-10(12)17-11-5-4-8(6-14)7-16-11/h1-5,7H,15H2. The maximum Gasteiger partial charge on any atom is 0.219 e. The van der Waals surface area contributed by atoms with Gasteiger partial charge < -0.3 is 10.5 Å². The van der Waals surface area contributed by atoms with Gasteiger partial charge in [0.15, 0.2) is 0 Å². The van der Waals surface area contributed by atoms with Gasteiger partial charge >= 0.3 is 0 Å². The highest BCUT2D eigenvalue weighted by Gasteiger charge is 2.06. The number of hydrogen-bond acceptors (Lipinski definition) is 4. The van der Waals surface area contributed by atoms with Crippen molar-refractivity contribution in [1.29, 1.82) is 5.26 Å². The van der Waals surface area contributed by atoms with Crippen molar-refractivity contribution in [1.82, 2.24) is 4.98 Å². The number of pyridine rings is 1. The first-order valence-electron chi connectivity index (χ1n) is 4.78. The predicted molar refractivity (Wildman–Crippen MR) is 67.6 cm³/mol. The summed E-state index contributed by atoms with van der Waals surface area (Å²) in [4.78, 5) is 4.01. The lowest BCUT2D eigenvalue weighted by atomic mass is 10.3. The molecular weight excluding hydrogens is 282 g/mol. The first-order valence-corrected chi connectivity index (χ1v) is 5.58. The number of benzene rings is 1. The molecule has 0 bridgehead atoms. The van der Waals surface area contributed by atoms with Crippen molar-refractivity contribution in [2.45, 2.75) is 0 Å². The Bertz CT molecular complexity index is 575. The van der Waals surface area contributed by atoms with Crippen LogP contribution in [-0.4, -0.2) is 4.98 Å². The van der Waals surface area contributed by atoms with E-state index in [0.717, 1.165) is 0 Å². The molecule has 0 radical (unpaired) electrons. The Labute approximate surface area is 107 Å². The van der Waals surface area contributed by atoms with Gasteiger partial charge in [-0.1, -0.05) is 6.07 Å². The third-order valence-electron chi connectivity index (χ3n) is 2.07. The van der Waals surface area contributed by atoms with E-state index in [2.05, 4.69) is 20.9 Å². The molecule has 2 N–H and O–H groups in total. The van der Waals surface area contributed by atoms with Crippen LogP contribution in [0.15, 0.2) is 41.0 Å². The molecule has 0 aliphatic heterocycles. The van der Waals surface area contributed by atoms with Crippen LogP contribution in [0.25, 0.3) is 0 Å². The molecule has 0 unspecified atom stereocenters. The molecule has 0 amide bonds. The van der Waals surface area contributed by atoms with E-state index in [-0.39, 0.29) is 0 Å². The summed E-state index contributed by atoms with van der Waals surface area (Å²) in [6, 6.07) is 10.6. The Morgan fingerprint density at radius 1 is 1.29 bits per heavy atom. The van der Waals surface area contributed by atoms with Crippen LogP contribution in [0.3, 0.4) is 0 Å². The van der Waals surface area contributed by atoms with Crippen molar-refractivity contribution >= 4 is 21.6 Å². The number of hydrogen-bond donors (Lipinski definition) is 1. The quantitative estimate of drug-likeness (QED) is 0.863. The first-order chi connectivity index (χ1) is 8.20. The van der Waals surface area contributed by atoms with E-state index < -0.39 is 0 Å². The summed E-state index contributed by atoms with van der Waals surface area (Å²) in [6.45, 7) is 0. The lowest BCUT2D eigenvalue weighted by Gasteiger charge is -2.07. The van der Waals surface area contributed by atoms with Crippen LogP contribution >= 0.6 is 15.9 Å². The zero-order valence-corrected chi connectivity index (χ0v) is 10.3. The van der Waals surface area contributed by atoms with Gasteiger partial charge in [-0.05, 0) is 34.1 Å². The van der Waals surface area contributed by atoms with Crippen LogP contribution in [0.4, 0.5) is 5.69 Å². The molecule has 4 nitrogen and oxygen atoms in total. The van der Waals surface area contributed by atoms with Crippen molar-refractivity contribution < 1.29 is 4.74 Å². The second kappa shape index (κ2) is 4.85. The van der Waals surface area contributed by atoms with Gasteiger partial charge in [-0.25, -0.2) is 4.98 Å². The van der Waals surface area contributed by atoms with Crippen molar-refractivity contribution in [3.8, 4) is 17.7 Å². The van der Waals surface area contributed by atoms with Gasteiger partial charge in [-0.15, -0.1) is 0 Å². The number of rotatable bonds is 2. The van der Waals surface area contributed by atoms with Gasteiger partial charge in [0.1, 0.15) is 11.8 Å². The van der Waals surface area contributed by atoms with Crippen LogP contribution in [0.2, 0.25) is 0 Å². The van der Waals surface area contributed by atoms with Crippen LogP contribution in [0.1, 0.15) is 5.56 Å². The molecule has 0 spiro atoms. The summed E-state index contributed by atoms with van der Waals surface area (Å²) in [5, 5.41) is 8.64. The minimum Gasteiger partial charge on any atom is -0.438 e. The van der Waals surface area contributed by atoms with Gasteiger partial charge in [-0.2, -0.15) is 5.26 Å². The zero-order chi connectivity index (χ0) is 12.3. The van der Waals surface area contributed by atoms with Gasteiger partial charge in [0.25, 0.3) is 0 Å². The molecule has 84 valence electrons. The van der Waals surface area contributed by atoms with Crippen LogP contribution in [-0.2, 0) is 0 Å². The van der Waals surface area contributed by atoms with E-state index in [1.165, 1.54) is 6.20 Å². The fourth-order valence-corrected chi connectivity index (χ4v) is 1.57. The minimum atomic E-state index is 0.412. The third kappa shape index (κ3) is 2.55. The SMILES string of the molecule is N#Cc1ccc(Oc2cccc(N)c2Br)nc1. The molecule has 0 aliphatic rings. The number of nitriles is 1. The van der Waals surface area contributed by atoms with E-state index in [1.807, 2.05) is 6.07 Å². The number of nitrogen functional groups attached to an aromatic ring is 1. The zero-order valence-electron chi connectivity index (χ0n) is 8.72. The topological polar surface area (TPSA) is 71.9 Å². The van der Waals surface area contributed by atoms with E-state index in [9.17, 15) is 0 Å². The largest absolute Gasteiger partial charge is 0.438 e. The summed E-state index contributed by atoms with van der Waals surface area (Å²) >= 11 is 3.34. The van der Waals surface area contributed by atoms with E-state index in [1.54, 1.807) is 30.3 Å². The number of nitrogens with two attached hydrogens (primary N) is 1. The van der Waals surface area contributed by atoms with Gasteiger partial charge in [0.05, 0.1) is 10.0 Å². The van der Waals surface area contributed by atoms with Crippen LogP contribution < -0.4 is 10.5 Å². The Morgan fingerprint density at radius 3 is 2.76 bits per heavy atom. The molecule has 2 rings (SSSR count). The van der Waals surface area contributed by atoms with Gasteiger partial charge in [0, 0.05) is 18.0 Å². The second-order valence-electron chi connectivity index (χ2n) is 3.26. The first kappa shape index (κ1) is 11.4. The Morgan fingerprint density at radius 2 is 2.12 bits per heavy atom. The molecule has 1 heterocycles. The summed E-state index contributed by atoms with van der Waals surface area (Å²) in [5.41, 5.74) is 6.81. The Kier molecular flexibility index (Phi) is 3.26. The lowest BCUT2D eigenvalue weighted by molar-refractivity contribution is 0.460. The molecule has 0 saturated heterocycles. The molecule has 1 aromatic carbocycles. The Hall–Kier alpha value is -2.06. The summed E-state index contributed by atoms with van der Waals surface area (Å²) in [6.07, 6.45) is 1.45. The van der Waals surface area contributed by atoms with Crippen molar-refractivity contribution in [2.24, 2.45) is 0 Å². The third-order valence-corrected chi connectivity index (χ3v) is 2.92. The van der Waals surface area contributed by atoms with Crippen molar-refractivity contribution in [2.75, 3.05) is 5.73 Å². The highest BCUT2D eigenvalue weighted by molar-refractivity contribution is 9.10.